The van der Waals surface area contributed by atoms with Crippen molar-refractivity contribution in [1.29, 1.82) is 0 Å². The molecule has 0 amide bonds. The van der Waals surface area contributed by atoms with Gasteiger partial charge in [-0.05, 0) is 32.0 Å². The number of alkyl halides is 4. The zero-order valence-electron chi connectivity index (χ0n) is 10.1. The predicted octanol–water partition coefficient (Wildman–Crippen LogP) is 4.21. The third-order valence-corrected chi connectivity index (χ3v) is 3.26. The molecule has 0 fully saturated rings. The van der Waals surface area contributed by atoms with Crippen molar-refractivity contribution >= 4 is 39.4 Å². The summed E-state index contributed by atoms with van der Waals surface area (Å²) in [6.45, 7) is 3.01. The van der Waals surface area contributed by atoms with Gasteiger partial charge in [-0.2, -0.15) is 13.2 Å². The van der Waals surface area contributed by atoms with E-state index in [9.17, 15) is 18.0 Å². The number of benzene rings is 1. The highest BCUT2D eigenvalue weighted by atomic mass is 127. The molecule has 1 aromatic heterocycles. The molecule has 0 spiro atoms. The van der Waals surface area contributed by atoms with E-state index in [0.29, 0.717) is 11.1 Å². The van der Waals surface area contributed by atoms with E-state index in [1.165, 1.54) is 25.1 Å². The molecule has 0 aliphatic heterocycles. The van der Waals surface area contributed by atoms with Crippen molar-refractivity contribution in [2.45, 2.75) is 24.1 Å². The van der Waals surface area contributed by atoms with Gasteiger partial charge in [-0.25, -0.2) is 4.98 Å². The number of fused-ring (bicyclic) bond motifs is 1. The normalized spacial score (nSPS) is 13.8. The van der Waals surface area contributed by atoms with Crippen LogP contribution in [0.2, 0.25) is 0 Å². The fourth-order valence-electron chi connectivity index (χ4n) is 1.88. The third-order valence-electron chi connectivity index (χ3n) is 2.71. The monoisotopic (exact) mass is 382 g/mol. The van der Waals surface area contributed by atoms with E-state index in [1.807, 2.05) is 22.6 Å². The highest BCUT2D eigenvalue weighted by Crippen LogP contribution is 2.35. The SMILES string of the molecule is CC(=O)c1ccc2c(c1)nc(C(F)(F)F)n2C(C)I. The first kappa shape index (κ1) is 14.3. The Hall–Kier alpha value is -1.12. The van der Waals surface area contributed by atoms with Crippen LogP contribution in [0.5, 0.6) is 0 Å². The van der Waals surface area contributed by atoms with Crippen LogP contribution in [0.3, 0.4) is 0 Å². The average molecular weight is 382 g/mol. The van der Waals surface area contributed by atoms with Gasteiger partial charge in [0.2, 0.25) is 5.82 Å². The average Bonchev–Trinajstić information content (AvgIpc) is 2.66. The Morgan fingerprint density at radius 1 is 1.42 bits per heavy atom. The molecule has 0 radical (unpaired) electrons. The number of carbonyl (C=O) groups is 1. The lowest BCUT2D eigenvalue weighted by atomic mass is 10.1. The van der Waals surface area contributed by atoms with Gasteiger partial charge < -0.3 is 4.57 Å². The molecule has 2 rings (SSSR count). The third kappa shape index (κ3) is 2.60. The van der Waals surface area contributed by atoms with Crippen LogP contribution in [-0.4, -0.2) is 15.3 Å². The molecule has 1 aromatic carbocycles. The maximum absolute atomic E-state index is 13.0. The van der Waals surface area contributed by atoms with Crippen molar-refractivity contribution in [3.8, 4) is 0 Å². The minimum absolute atomic E-state index is 0.184. The molecular formula is C12H10F3IN2O. The van der Waals surface area contributed by atoms with E-state index >= 15 is 0 Å². The largest absolute Gasteiger partial charge is 0.449 e. The van der Waals surface area contributed by atoms with Crippen molar-refractivity contribution in [3.05, 3.63) is 29.6 Å². The number of imidazole rings is 1. The molecule has 0 aliphatic carbocycles. The number of hydrogen-bond donors (Lipinski definition) is 0. The van der Waals surface area contributed by atoms with Gasteiger partial charge in [0, 0.05) is 5.56 Å². The van der Waals surface area contributed by atoms with Crippen LogP contribution in [0.4, 0.5) is 13.2 Å². The summed E-state index contributed by atoms with van der Waals surface area (Å²) in [5.41, 5.74) is 0.912. The van der Waals surface area contributed by atoms with Crippen molar-refractivity contribution < 1.29 is 18.0 Å². The Morgan fingerprint density at radius 3 is 2.53 bits per heavy atom. The lowest BCUT2D eigenvalue weighted by Gasteiger charge is -2.13. The van der Waals surface area contributed by atoms with Crippen LogP contribution in [0.25, 0.3) is 11.0 Å². The zero-order chi connectivity index (χ0) is 14.4. The molecule has 1 atom stereocenters. The van der Waals surface area contributed by atoms with Crippen molar-refractivity contribution in [2.75, 3.05) is 0 Å². The van der Waals surface area contributed by atoms with Gasteiger partial charge in [-0.15, -0.1) is 0 Å². The standard InChI is InChI=1S/C12H10F3IN2O/c1-6(19)8-3-4-10-9(5-8)17-11(12(13,14)15)18(10)7(2)16/h3-5,7H,1-2H3. The van der Waals surface area contributed by atoms with Crippen molar-refractivity contribution in [2.24, 2.45) is 0 Å². The first-order chi connectivity index (χ1) is 8.71. The van der Waals surface area contributed by atoms with Crippen LogP contribution in [-0.2, 0) is 6.18 Å². The first-order valence-electron chi connectivity index (χ1n) is 5.46. The first-order valence-corrected chi connectivity index (χ1v) is 6.70. The van der Waals surface area contributed by atoms with Gasteiger partial charge in [0.1, 0.15) is 0 Å². The van der Waals surface area contributed by atoms with E-state index in [-0.39, 0.29) is 11.3 Å². The number of carbonyl (C=O) groups excluding carboxylic acids is 1. The molecule has 0 bridgehead atoms. The molecule has 0 aliphatic rings. The van der Waals surface area contributed by atoms with Gasteiger partial charge in [-0.3, -0.25) is 4.79 Å². The molecule has 19 heavy (non-hydrogen) atoms. The van der Waals surface area contributed by atoms with Crippen molar-refractivity contribution in [1.82, 2.24) is 9.55 Å². The summed E-state index contributed by atoms with van der Waals surface area (Å²) in [6, 6.07) is 4.41. The van der Waals surface area contributed by atoms with E-state index in [0.717, 1.165) is 4.57 Å². The molecule has 0 saturated carbocycles. The second-order valence-electron chi connectivity index (χ2n) is 4.14. The molecule has 1 heterocycles. The molecule has 7 heteroatoms. The van der Waals surface area contributed by atoms with Gasteiger partial charge >= 0.3 is 6.18 Å². The number of Topliss-reactive ketones (excluding diaryl/α,β-unsaturated/α-hetero) is 1. The highest BCUT2D eigenvalue weighted by molar-refractivity contribution is 14.1. The summed E-state index contributed by atoms with van der Waals surface area (Å²) < 4.78 is 39.6. The number of nitrogens with zero attached hydrogens (tertiary/aromatic N) is 2. The maximum atomic E-state index is 13.0. The van der Waals surface area contributed by atoms with E-state index in [2.05, 4.69) is 4.98 Å². The molecule has 0 N–H and O–H groups in total. The van der Waals surface area contributed by atoms with Crippen LogP contribution < -0.4 is 0 Å². The number of halogens is 4. The van der Waals surface area contributed by atoms with Gasteiger partial charge in [0.15, 0.2) is 5.78 Å². The smallest absolute Gasteiger partial charge is 0.308 e. The Kier molecular flexibility index (Phi) is 3.59. The molecule has 2 aromatic rings. The second-order valence-corrected chi connectivity index (χ2v) is 5.94. The van der Waals surface area contributed by atoms with Crippen LogP contribution >= 0.6 is 22.6 Å². The molecule has 1 unspecified atom stereocenters. The molecular weight excluding hydrogens is 372 g/mol. The Bertz CT molecular complexity index is 646. The minimum Gasteiger partial charge on any atom is -0.308 e. The molecule has 0 saturated heterocycles. The second kappa shape index (κ2) is 4.77. The summed E-state index contributed by atoms with van der Waals surface area (Å²) in [7, 11) is 0. The zero-order valence-corrected chi connectivity index (χ0v) is 12.3. The summed E-state index contributed by atoms with van der Waals surface area (Å²) in [5.74, 6) is -1.14. The van der Waals surface area contributed by atoms with Gasteiger partial charge in [-0.1, -0.05) is 22.6 Å². The fourth-order valence-corrected chi connectivity index (χ4v) is 2.44. The Morgan fingerprint density at radius 2 is 2.05 bits per heavy atom. The maximum Gasteiger partial charge on any atom is 0.449 e. The number of hydrogen-bond acceptors (Lipinski definition) is 2. The summed E-state index contributed by atoms with van der Waals surface area (Å²) in [6.07, 6.45) is -4.52. The van der Waals surface area contributed by atoms with Crippen LogP contribution in [0, 0.1) is 0 Å². The number of rotatable bonds is 2. The predicted molar refractivity (Wildman–Crippen MR) is 73.5 cm³/mol. The van der Waals surface area contributed by atoms with E-state index in [4.69, 9.17) is 0 Å². The fraction of sp³-hybridized carbons (Fsp3) is 0.333. The lowest BCUT2D eigenvalue weighted by molar-refractivity contribution is -0.146. The van der Waals surface area contributed by atoms with E-state index in [1.54, 1.807) is 6.92 Å². The summed E-state index contributed by atoms with van der Waals surface area (Å²) in [5, 5.41) is 0. The quantitative estimate of drug-likeness (QED) is 0.443. The summed E-state index contributed by atoms with van der Waals surface area (Å²) >= 11 is 1.90. The van der Waals surface area contributed by atoms with Gasteiger partial charge in [0.05, 0.1) is 15.1 Å². The van der Waals surface area contributed by atoms with E-state index < -0.39 is 16.0 Å². The van der Waals surface area contributed by atoms with Crippen LogP contribution in [0.1, 0.15) is 34.1 Å². The van der Waals surface area contributed by atoms with Crippen molar-refractivity contribution in [3.63, 3.8) is 0 Å². The number of ketones is 1. The molecule has 3 nitrogen and oxygen atoms in total. The van der Waals surface area contributed by atoms with Gasteiger partial charge in [0.25, 0.3) is 0 Å². The highest BCUT2D eigenvalue weighted by Gasteiger charge is 2.38. The minimum atomic E-state index is -4.52. The Labute approximate surface area is 120 Å². The molecule has 102 valence electrons. The Balaban J connectivity index is 2.77. The van der Waals surface area contributed by atoms with Crippen LogP contribution in [0.15, 0.2) is 18.2 Å². The summed E-state index contributed by atoms with van der Waals surface area (Å²) in [4.78, 5) is 14.9. The lowest BCUT2D eigenvalue weighted by Crippen LogP contribution is -2.15. The number of aromatic nitrogens is 2. The topological polar surface area (TPSA) is 34.9 Å².